The zero-order chi connectivity index (χ0) is 13.1. The highest BCUT2D eigenvalue weighted by Crippen LogP contribution is 2.36. The summed E-state index contributed by atoms with van der Waals surface area (Å²) in [6, 6.07) is 9.86. The summed E-state index contributed by atoms with van der Waals surface area (Å²) in [6.07, 6.45) is 4.82. The second kappa shape index (κ2) is 5.75. The van der Waals surface area contributed by atoms with Gasteiger partial charge in [-0.1, -0.05) is 19.1 Å². The van der Waals surface area contributed by atoms with Crippen molar-refractivity contribution in [3.8, 4) is 0 Å². The molecule has 1 aromatic rings. The lowest BCUT2D eigenvalue weighted by Crippen LogP contribution is -2.30. The highest BCUT2D eigenvalue weighted by molar-refractivity contribution is 5.48. The lowest BCUT2D eigenvalue weighted by Gasteiger charge is -2.27. The second-order valence-electron chi connectivity index (χ2n) is 5.73. The Morgan fingerprint density at radius 1 is 1.28 bits per heavy atom. The Balaban J connectivity index is 1.97. The molecule has 0 aliphatic heterocycles. The molecule has 1 aliphatic carbocycles. The Hall–Kier alpha value is -1.02. The molecular formula is C16H26N2. The van der Waals surface area contributed by atoms with E-state index in [1.54, 1.807) is 0 Å². The standard InChI is InChI=1S/C16H26N2/c1-4-15(17)11-13-5-9-16(10-6-13)18(3)12(2)14-7-8-14/h5-6,9-10,12,14-15H,4,7-8,11,17H2,1-3H3. The van der Waals surface area contributed by atoms with Gasteiger partial charge in [0.1, 0.15) is 0 Å². The van der Waals surface area contributed by atoms with Crippen molar-refractivity contribution in [2.24, 2.45) is 11.7 Å². The Bertz CT molecular complexity index is 367. The van der Waals surface area contributed by atoms with Gasteiger partial charge in [0.15, 0.2) is 0 Å². The van der Waals surface area contributed by atoms with Crippen LogP contribution >= 0.6 is 0 Å². The molecule has 1 aromatic carbocycles. The molecule has 2 N–H and O–H groups in total. The molecule has 2 heteroatoms. The smallest absolute Gasteiger partial charge is 0.0366 e. The van der Waals surface area contributed by atoms with Crippen LogP contribution in [0, 0.1) is 5.92 Å². The average molecular weight is 246 g/mol. The van der Waals surface area contributed by atoms with E-state index in [9.17, 15) is 0 Å². The van der Waals surface area contributed by atoms with Crippen LogP contribution in [0.25, 0.3) is 0 Å². The number of hydrogen-bond donors (Lipinski definition) is 1. The number of nitrogens with two attached hydrogens (primary N) is 1. The van der Waals surface area contributed by atoms with E-state index in [1.807, 2.05) is 0 Å². The van der Waals surface area contributed by atoms with Gasteiger partial charge in [-0.25, -0.2) is 0 Å². The Morgan fingerprint density at radius 2 is 1.89 bits per heavy atom. The molecule has 0 saturated heterocycles. The number of benzene rings is 1. The molecule has 0 aromatic heterocycles. The summed E-state index contributed by atoms with van der Waals surface area (Å²) in [5, 5.41) is 0. The zero-order valence-electron chi connectivity index (χ0n) is 11.9. The molecule has 0 amide bonds. The van der Waals surface area contributed by atoms with Crippen molar-refractivity contribution >= 4 is 5.69 Å². The molecule has 0 bridgehead atoms. The van der Waals surface area contributed by atoms with Gasteiger partial charge in [0, 0.05) is 24.8 Å². The number of nitrogens with zero attached hydrogens (tertiary/aromatic N) is 1. The first kappa shape index (κ1) is 13.4. The highest BCUT2D eigenvalue weighted by atomic mass is 15.1. The van der Waals surface area contributed by atoms with E-state index in [1.165, 1.54) is 24.1 Å². The number of rotatable bonds is 6. The molecule has 0 spiro atoms. The van der Waals surface area contributed by atoms with Crippen LogP contribution in [0.1, 0.15) is 38.7 Å². The third-order valence-electron chi connectivity index (χ3n) is 4.28. The molecule has 1 saturated carbocycles. The summed E-state index contributed by atoms with van der Waals surface area (Å²) in [5.74, 6) is 0.906. The third kappa shape index (κ3) is 3.26. The van der Waals surface area contributed by atoms with Crippen LogP contribution in [0.15, 0.2) is 24.3 Å². The van der Waals surface area contributed by atoms with Crippen LogP contribution in [-0.4, -0.2) is 19.1 Å². The first-order valence-electron chi connectivity index (χ1n) is 7.19. The summed E-state index contributed by atoms with van der Waals surface area (Å²) in [5.41, 5.74) is 8.66. The lowest BCUT2D eigenvalue weighted by molar-refractivity contribution is 0.609. The summed E-state index contributed by atoms with van der Waals surface area (Å²) in [4.78, 5) is 2.40. The van der Waals surface area contributed by atoms with Gasteiger partial charge in [-0.3, -0.25) is 0 Å². The Morgan fingerprint density at radius 3 is 2.39 bits per heavy atom. The fourth-order valence-electron chi connectivity index (χ4n) is 2.44. The maximum absolute atomic E-state index is 5.99. The fourth-order valence-corrected chi connectivity index (χ4v) is 2.44. The van der Waals surface area contributed by atoms with Gasteiger partial charge in [-0.2, -0.15) is 0 Å². The van der Waals surface area contributed by atoms with Crippen LogP contribution < -0.4 is 10.6 Å². The Kier molecular flexibility index (Phi) is 4.28. The summed E-state index contributed by atoms with van der Waals surface area (Å²) in [7, 11) is 2.20. The third-order valence-corrected chi connectivity index (χ3v) is 4.28. The first-order chi connectivity index (χ1) is 8.61. The molecule has 100 valence electrons. The van der Waals surface area contributed by atoms with Gasteiger partial charge in [0.2, 0.25) is 0 Å². The van der Waals surface area contributed by atoms with Gasteiger partial charge in [-0.05, 0) is 56.2 Å². The predicted molar refractivity (Wildman–Crippen MR) is 79.0 cm³/mol. The molecule has 2 nitrogen and oxygen atoms in total. The highest BCUT2D eigenvalue weighted by Gasteiger charge is 2.30. The SMILES string of the molecule is CCC(N)Cc1ccc(N(C)C(C)C2CC2)cc1. The van der Waals surface area contributed by atoms with E-state index in [2.05, 4.69) is 50.1 Å². The Labute approximate surface area is 111 Å². The molecule has 2 unspecified atom stereocenters. The van der Waals surface area contributed by atoms with E-state index in [0.717, 1.165) is 18.8 Å². The maximum atomic E-state index is 5.99. The van der Waals surface area contributed by atoms with E-state index >= 15 is 0 Å². The minimum atomic E-state index is 0.291. The minimum absolute atomic E-state index is 0.291. The van der Waals surface area contributed by atoms with Crippen molar-refractivity contribution in [1.29, 1.82) is 0 Å². The maximum Gasteiger partial charge on any atom is 0.0366 e. The first-order valence-corrected chi connectivity index (χ1v) is 7.19. The minimum Gasteiger partial charge on any atom is -0.372 e. The van der Waals surface area contributed by atoms with Crippen molar-refractivity contribution in [3.05, 3.63) is 29.8 Å². The molecule has 2 atom stereocenters. The largest absolute Gasteiger partial charge is 0.372 e. The normalized spacial score (nSPS) is 18.4. The van der Waals surface area contributed by atoms with E-state index in [-0.39, 0.29) is 0 Å². The second-order valence-corrected chi connectivity index (χ2v) is 5.73. The molecule has 0 heterocycles. The van der Waals surface area contributed by atoms with E-state index in [0.29, 0.717) is 12.1 Å². The predicted octanol–water partition coefficient (Wildman–Crippen LogP) is 3.20. The monoisotopic (exact) mass is 246 g/mol. The molecular weight excluding hydrogens is 220 g/mol. The van der Waals surface area contributed by atoms with Crippen LogP contribution in [0.2, 0.25) is 0 Å². The van der Waals surface area contributed by atoms with Gasteiger partial charge in [-0.15, -0.1) is 0 Å². The number of anilines is 1. The summed E-state index contributed by atoms with van der Waals surface area (Å²) >= 11 is 0. The quantitative estimate of drug-likeness (QED) is 0.835. The average Bonchev–Trinajstić information content (AvgIpc) is 3.22. The van der Waals surface area contributed by atoms with Crippen molar-refractivity contribution in [2.45, 2.75) is 51.6 Å². The van der Waals surface area contributed by atoms with Crippen LogP contribution in [0.3, 0.4) is 0 Å². The van der Waals surface area contributed by atoms with Gasteiger partial charge < -0.3 is 10.6 Å². The van der Waals surface area contributed by atoms with E-state index < -0.39 is 0 Å². The fraction of sp³-hybridized carbons (Fsp3) is 0.625. The molecule has 18 heavy (non-hydrogen) atoms. The van der Waals surface area contributed by atoms with Crippen molar-refractivity contribution in [2.75, 3.05) is 11.9 Å². The van der Waals surface area contributed by atoms with Crippen molar-refractivity contribution < 1.29 is 0 Å². The zero-order valence-corrected chi connectivity index (χ0v) is 11.9. The van der Waals surface area contributed by atoms with Crippen LogP contribution in [0.5, 0.6) is 0 Å². The summed E-state index contributed by atoms with van der Waals surface area (Å²) in [6.45, 7) is 4.47. The number of hydrogen-bond acceptors (Lipinski definition) is 2. The van der Waals surface area contributed by atoms with Crippen molar-refractivity contribution in [1.82, 2.24) is 0 Å². The lowest BCUT2D eigenvalue weighted by atomic mass is 10.0. The van der Waals surface area contributed by atoms with Gasteiger partial charge in [0.25, 0.3) is 0 Å². The molecule has 1 aliphatic rings. The summed E-state index contributed by atoms with van der Waals surface area (Å²) < 4.78 is 0. The molecule has 0 radical (unpaired) electrons. The molecule has 1 fully saturated rings. The van der Waals surface area contributed by atoms with Gasteiger partial charge in [0.05, 0.1) is 0 Å². The molecule has 2 rings (SSSR count). The van der Waals surface area contributed by atoms with Crippen molar-refractivity contribution in [3.63, 3.8) is 0 Å². The van der Waals surface area contributed by atoms with Crippen LogP contribution in [-0.2, 0) is 6.42 Å². The van der Waals surface area contributed by atoms with E-state index in [4.69, 9.17) is 5.73 Å². The topological polar surface area (TPSA) is 29.3 Å². The van der Waals surface area contributed by atoms with Crippen LogP contribution in [0.4, 0.5) is 5.69 Å². The van der Waals surface area contributed by atoms with Gasteiger partial charge >= 0.3 is 0 Å².